The second kappa shape index (κ2) is 6.79. The van der Waals surface area contributed by atoms with E-state index in [1.807, 2.05) is 54.6 Å². The zero-order valence-electron chi connectivity index (χ0n) is 12.8. The van der Waals surface area contributed by atoms with Crippen molar-refractivity contribution in [3.63, 3.8) is 0 Å². The van der Waals surface area contributed by atoms with Crippen LogP contribution in [-0.4, -0.2) is 12.9 Å². The number of methoxy groups -OCH3 is 1. The van der Waals surface area contributed by atoms with E-state index in [-0.39, 0.29) is 5.78 Å². The first-order valence-corrected chi connectivity index (χ1v) is 7.38. The minimum atomic E-state index is -0.0216. The molecule has 1 N–H and O–H groups in total. The summed E-state index contributed by atoms with van der Waals surface area (Å²) in [6.45, 7) is 0. The maximum Gasteiger partial charge on any atom is 0.195 e. The van der Waals surface area contributed by atoms with Gasteiger partial charge >= 0.3 is 0 Å². The van der Waals surface area contributed by atoms with Crippen molar-refractivity contribution in [2.45, 2.75) is 0 Å². The molecule has 0 unspecified atom stereocenters. The number of hydrogen-bond donors (Lipinski definition) is 1. The van der Waals surface area contributed by atoms with Gasteiger partial charge in [0, 0.05) is 22.5 Å². The lowest BCUT2D eigenvalue weighted by Crippen LogP contribution is -2.05. The van der Waals surface area contributed by atoms with Gasteiger partial charge in [-0.25, -0.2) is 0 Å². The van der Waals surface area contributed by atoms with Crippen LogP contribution in [0.5, 0.6) is 5.75 Å². The van der Waals surface area contributed by atoms with Crippen molar-refractivity contribution in [3.8, 4) is 5.75 Å². The molecule has 23 heavy (non-hydrogen) atoms. The molecule has 0 saturated carbocycles. The van der Waals surface area contributed by atoms with E-state index in [1.54, 1.807) is 31.4 Å². The highest BCUT2D eigenvalue weighted by atomic mass is 16.5. The molecule has 0 spiro atoms. The summed E-state index contributed by atoms with van der Waals surface area (Å²) >= 11 is 0. The Morgan fingerprint density at radius 1 is 0.826 bits per heavy atom. The van der Waals surface area contributed by atoms with Crippen LogP contribution in [0.25, 0.3) is 0 Å². The third kappa shape index (κ3) is 3.40. The fraction of sp³-hybridized carbons (Fsp3) is 0.0500. The number of carbonyl (C=O) groups is 1. The van der Waals surface area contributed by atoms with Gasteiger partial charge in [-0.05, 0) is 48.5 Å². The number of para-hydroxylation sites is 2. The number of carbonyl (C=O) groups excluding carboxylic acids is 1. The first-order chi connectivity index (χ1) is 11.3. The monoisotopic (exact) mass is 303 g/mol. The third-order valence-corrected chi connectivity index (χ3v) is 3.58. The lowest BCUT2D eigenvalue weighted by atomic mass is 10.0. The molecule has 0 aliphatic heterocycles. The number of benzene rings is 3. The third-order valence-electron chi connectivity index (χ3n) is 3.58. The molecule has 0 amide bonds. The van der Waals surface area contributed by atoms with Gasteiger partial charge in [0.05, 0.1) is 7.11 Å². The van der Waals surface area contributed by atoms with E-state index in [9.17, 15) is 4.79 Å². The first kappa shape index (κ1) is 14.9. The van der Waals surface area contributed by atoms with E-state index in [0.29, 0.717) is 11.1 Å². The standard InChI is InChI=1S/C20H17NO2/c1-23-17-13-11-15(12-14-17)20(22)18-9-5-6-10-19(18)21-16-7-3-2-4-8-16/h2-14,21H,1H3. The normalized spacial score (nSPS) is 10.1. The molecule has 3 rings (SSSR count). The first-order valence-electron chi connectivity index (χ1n) is 7.38. The van der Waals surface area contributed by atoms with E-state index in [0.717, 1.165) is 17.1 Å². The fourth-order valence-corrected chi connectivity index (χ4v) is 2.37. The van der Waals surface area contributed by atoms with Gasteiger partial charge < -0.3 is 10.1 Å². The van der Waals surface area contributed by atoms with E-state index in [2.05, 4.69) is 5.32 Å². The van der Waals surface area contributed by atoms with Crippen molar-refractivity contribution < 1.29 is 9.53 Å². The molecule has 0 atom stereocenters. The zero-order valence-corrected chi connectivity index (χ0v) is 12.8. The van der Waals surface area contributed by atoms with Crippen LogP contribution in [0.15, 0.2) is 78.9 Å². The minimum Gasteiger partial charge on any atom is -0.497 e. The molecule has 3 aromatic rings. The summed E-state index contributed by atoms with van der Waals surface area (Å²) < 4.78 is 5.13. The van der Waals surface area contributed by atoms with Crippen LogP contribution in [0.3, 0.4) is 0 Å². The average molecular weight is 303 g/mol. The molecule has 0 fully saturated rings. The quantitative estimate of drug-likeness (QED) is 0.696. The van der Waals surface area contributed by atoms with Crippen LogP contribution in [-0.2, 0) is 0 Å². The van der Waals surface area contributed by atoms with Crippen LogP contribution in [0.4, 0.5) is 11.4 Å². The lowest BCUT2D eigenvalue weighted by Gasteiger charge is -2.11. The van der Waals surface area contributed by atoms with Crippen molar-refractivity contribution in [2.75, 3.05) is 12.4 Å². The van der Waals surface area contributed by atoms with Gasteiger partial charge in [-0.2, -0.15) is 0 Å². The predicted octanol–water partition coefficient (Wildman–Crippen LogP) is 4.67. The van der Waals surface area contributed by atoms with Crippen LogP contribution in [0, 0.1) is 0 Å². The number of ketones is 1. The second-order valence-corrected chi connectivity index (χ2v) is 5.09. The Morgan fingerprint density at radius 3 is 2.17 bits per heavy atom. The van der Waals surface area contributed by atoms with Crippen LogP contribution in [0.1, 0.15) is 15.9 Å². The Morgan fingerprint density at radius 2 is 1.48 bits per heavy atom. The topological polar surface area (TPSA) is 38.3 Å². The molecule has 0 radical (unpaired) electrons. The van der Waals surface area contributed by atoms with Crippen molar-refractivity contribution in [1.82, 2.24) is 0 Å². The van der Waals surface area contributed by atoms with Crippen molar-refractivity contribution in [1.29, 1.82) is 0 Å². The molecule has 0 bridgehead atoms. The van der Waals surface area contributed by atoms with E-state index in [4.69, 9.17) is 4.74 Å². The van der Waals surface area contributed by atoms with Crippen LogP contribution < -0.4 is 10.1 Å². The highest BCUT2D eigenvalue weighted by Crippen LogP contribution is 2.24. The fourth-order valence-electron chi connectivity index (χ4n) is 2.37. The summed E-state index contributed by atoms with van der Waals surface area (Å²) in [6.07, 6.45) is 0. The number of ether oxygens (including phenoxy) is 1. The summed E-state index contributed by atoms with van der Waals surface area (Å²) in [5, 5.41) is 3.30. The van der Waals surface area contributed by atoms with Gasteiger partial charge in [0.15, 0.2) is 5.78 Å². The van der Waals surface area contributed by atoms with Gasteiger partial charge in [0.1, 0.15) is 5.75 Å². The van der Waals surface area contributed by atoms with E-state index >= 15 is 0 Å². The minimum absolute atomic E-state index is 0.0216. The highest BCUT2D eigenvalue weighted by Gasteiger charge is 2.13. The highest BCUT2D eigenvalue weighted by molar-refractivity contribution is 6.12. The van der Waals surface area contributed by atoms with Crippen molar-refractivity contribution >= 4 is 17.2 Å². The smallest absolute Gasteiger partial charge is 0.195 e. The molecule has 0 heterocycles. The molecule has 3 heteroatoms. The number of nitrogens with one attached hydrogen (secondary N) is 1. The Hall–Kier alpha value is -3.07. The van der Waals surface area contributed by atoms with Gasteiger partial charge in [-0.1, -0.05) is 30.3 Å². The Balaban J connectivity index is 1.91. The summed E-state index contributed by atoms with van der Waals surface area (Å²) in [6, 6.07) is 24.5. The zero-order chi connectivity index (χ0) is 16.1. The second-order valence-electron chi connectivity index (χ2n) is 5.09. The molecule has 3 aromatic carbocycles. The molecular weight excluding hydrogens is 286 g/mol. The van der Waals surface area contributed by atoms with Gasteiger partial charge in [0.2, 0.25) is 0 Å². The Bertz CT molecular complexity index is 795. The van der Waals surface area contributed by atoms with Gasteiger partial charge in [-0.15, -0.1) is 0 Å². The van der Waals surface area contributed by atoms with Gasteiger partial charge in [0.25, 0.3) is 0 Å². The molecule has 114 valence electrons. The summed E-state index contributed by atoms with van der Waals surface area (Å²) in [4.78, 5) is 12.8. The predicted molar refractivity (Wildman–Crippen MR) is 92.6 cm³/mol. The maximum atomic E-state index is 12.8. The van der Waals surface area contributed by atoms with Crippen molar-refractivity contribution in [2.24, 2.45) is 0 Å². The van der Waals surface area contributed by atoms with Gasteiger partial charge in [-0.3, -0.25) is 4.79 Å². The average Bonchev–Trinajstić information content (AvgIpc) is 2.62. The SMILES string of the molecule is COc1ccc(C(=O)c2ccccc2Nc2ccccc2)cc1. The Labute approximate surface area is 135 Å². The molecule has 0 aliphatic rings. The van der Waals surface area contributed by atoms with Crippen LogP contribution in [0.2, 0.25) is 0 Å². The largest absolute Gasteiger partial charge is 0.497 e. The number of anilines is 2. The maximum absolute atomic E-state index is 12.8. The number of hydrogen-bond acceptors (Lipinski definition) is 3. The van der Waals surface area contributed by atoms with Crippen molar-refractivity contribution in [3.05, 3.63) is 90.0 Å². The van der Waals surface area contributed by atoms with Crippen LogP contribution >= 0.6 is 0 Å². The molecular formula is C20H17NO2. The summed E-state index contributed by atoms with van der Waals surface area (Å²) in [5.41, 5.74) is 3.01. The lowest BCUT2D eigenvalue weighted by molar-refractivity contribution is 0.103. The Kier molecular flexibility index (Phi) is 4.39. The molecule has 0 aromatic heterocycles. The molecule has 0 saturated heterocycles. The summed E-state index contributed by atoms with van der Waals surface area (Å²) in [5.74, 6) is 0.712. The number of rotatable bonds is 5. The molecule has 0 aliphatic carbocycles. The molecule has 3 nitrogen and oxygen atoms in total. The summed E-state index contributed by atoms with van der Waals surface area (Å²) in [7, 11) is 1.61. The van der Waals surface area contributed by atoms with E-state index < -0.39 is 0 Å². The van der Waals surface area contributed by atoms with E-state index in [1.165, 1.54) is 0 Å².